The number of sulfone groups is 1. The van der Waals surface area contributed by atoms with Gasteiger partial charge in [0.2, 0.25) is 9.84 Å². The van der Waals surface area contributed by atoms with Gasteiger partial charge in [-0.05, 0) is 66.7 Å². The highest BCUT2D eigenvalue weighted by Crippen LogP contribution is 2.25. The van der Waals surface area contributed by atoms with E-state index < -0.39 is 19.9 Å². The van der Waals surface area contributed by atoms with Crippen LogP contribution in [0.15, 0.2) is 124 Å². The van der Waals surface area contributed by atoms with E-state index in [2.05, 4.69) is 10.0 Å². The second kappa shape index (κ2) is 9.50. The van der Waals surface area contributed by atoms with Gasteiger partial charge in [-0.3, -0.25) is 9.52 Å². The Hall–Kier alpha value is -3.95. The molecule has 0 saturated heterocycles. The molecule has 0 aliphatic heterocycles. The van der Waals surface area contributed by atoms with Gasteiger partial charge in [0.05, 0.1) is 14.7 Å². The van der Waals surface area contributed by atoms with Crippen LogP contribution in [0.2, 0.25) is 0 Å². The van der Waals surface area contributed by atoms with Gasteiger partial charge in [-0.15, -0.1) is 0 Å². The first-order chi connectivity index (χ1) is 16.3. The molecule has 0 radical (unpaired) electrons. The van der Waals surface area contributed by atoms with Gasteiger partial charge in [0, 0.05) is 16.9 Å². The molecule has 9 heteroatoms. The molecule has 0 unspecified atom stereocenters. The lowest BCUT2D eigenvalue weighted by Gasteiger charge is -2.11. The Kier molecular flexibility index (Phi) is 6.49. The largest absolute Gasteiger partial charge is 0.322 e. The lowest BCUT2D eigenvalue weighted by Crippen LogP contribution is -2.14. The van der Waals surface area contributed by atoms with Crippen LogP contribution in [0.4, 0.5) is 11.4 Å². The highest BCUT2D eigenvalue weighted by Gasteiger charge is 2.21. The van der Waals surface area contributed by atoms with Crippen molar-refractivity contribution in [2.45, 2.75) is 14.7 Å². The van der Waals surface area contributed by atoms with Crippen molar-refractivity contribution in [3.63, 3.8) is 0 Å². The number of sulfonamides is 1. The summed E-state index contributed by atoms with van der Waals surface area (Å²) in [5, 5.41) is 2.74. The molecule has 34 heavy (non-hydrogen) atoms. The van der Waals surface area contributed by atoms with Gasteiger partial charge in [-0.2, -0.15) is 0 Å². The van der Waals surface area contributed by atoms with Crippen LogP contribution in [-0.2, 0) is 19.9 Å². The quantitative estimate of drug-likeness (QED) is 0.393. The molecule has 0 aromatic heterocycles. The van der Waals surface area contributed by atoms with E-state index >= 15 is 0 Å². The summed E-state index contributed by atoms with van der Waals surface area (Å²) in [5.74, 6) is -0.287. The summed E-state index contributed by atoms with van der Waals surface area (Å²) in [5.41, 5.74) is 1.25. The second-order valence-electron chi connectivity index (χ2n) is 7.29. The van der Waals surface area contributed by atoms with Crippen LogP contribution in [0.1, 0.15) is 10.4 Å². The Morgan fingerprint density at radius 3 is 1.74 bits per heavy atom. The van der Waals surface area contributed by atoms with Crippen molar-refractivity contribution in [3.8, 4) is 0 Å². The van der Waals surface area contributed by atoms with Gasteiger partial charge in [-0.1, -0.05) is 42.5 Å². The molecule has 7 nitrogen and oxygen atoms in total. The van der Waals surface area contributed by atoms with Crippen molar-refractivity contribution in [3.05, 3.63) is 115 Å². The number of rotatable bonds is 7. The molecule has 4 aromatic rings. The van der Waals surface area contributed by atoms with E-state index in [-0.39, 0.29) is 26.3 Å². The van der Waals surface area contributed by atoms with E-state index in [4.69, 9.17) is 0 Å². The minimum absolute atomic E-state index is 0.0747. The average molecular weight is 493 g/mol. The van der Waals surface area contributed by atoms with Crippen molar-refractivity contribution in [2.75, 3.05) is 10.0 Å². The Labute approximate surface area is 198 Å². The fourth-order valence-corrected chi connectivity index (χ4v) is 5.68. The highest BCUT2D eigenvalue weighted by molar-refractivity contribution is 7.93. The molecule has 0 aliphatic rings. The summed E-state index contributed by atoms with van der Waals surface area (Å²) in [7, 11) is -7.93. The van der Waals surface area contributed by atoms with Gasteiger partial charge >= 0.3 is 0 Å². The SMILES string of the molecule is O=C(Nc1ccc(NS(=O)(=O)c2cccc(S(=O)(=O)c3ccccc3)c2)cc1)c1ccccc1. The second-order valence-corrected chi connectivity index (χ2v) is 10.9. The number of hydrogen-bond acceptors (Lipinski definition) is 5. The molecular weight excluding hydrogens is 472 g/mol. The summed E-state index contributed by atoms with van der Waals surface area (Å²) < 4.78 is 53.9. The monoisotopic (exact) mass is 492 g/mol. The lowest BCUT2D eigenvalue weighted by molar-refractivity contribution is 0.102. The molecule has 0 atom stereocenters. The number of carbonyl (C=O) groups excluding carboxylic acids is 1. The zero-order valence-electron chi connectivity index (χ0n) is 17.8. The van der Waals surface area contributed by atoms with Crippen molar-refractivity contribution in [1.29, 1.82) is 0 Å². The fraction of sp³-hybridized carbons (Fsp3) is 0. The Balaban J connectivity index is 1.51. The molecule has 4 rings (SSSR count). The molecule has 1 amide bonds. The fourth-order valence-electron chi connectivity index (χ4n) is 3.17. The third-order valence-electron chi connectivity index (χ3n) is 4.91. The molecule has 0 aliphatic carbocycles. The van der Waals surface area contributed by atoms with Gasteiger partial charge in [0.15, 0.2) is 0 Å². The Bertz CT molecular complexity index is 1520. The maximum atomic E-state index is 12.9. The summed E-state index contributed by atoms with van der Waals surface area (Å²) in [4.78, 5) is 12.0. The van der Waals surface area contributed by atoms with E-state index in [0.717, 1.165) is 6.07 Å². The molecule has 0 bridgehead atoms. The number of hydrogen-bond donors (Lipinski definition) is 2. The lowest BCUT2D eigenvalue weighted by atomic mass is 10.2. The minimum atomic E-state index is -4.06. The maximum absolute atomic E-state index is 12.9. The zero-order valence-corrected chi connectivity index (χ0v) is 19.4. The van der Waals surface area contributed by atoms with Crippen molar-refractivity contribution >= 4 is 37.1 Å². The molecule has 0 spiro atoms. The third kappa shape index (κ3) is 5.16. The molecule has 0 heterocycles. The van der Waals surface area contributed by atoms with E-state index in [1.807, 2.05) is 6.07 Å². The van der Waals surface area contributed by atoms with Crippen LogP contribution in [0.5, 0.6) is 0 Å². The molecule has 0 saturated carbocycles. The van der Waals surface area contributed by atoms with Gasteiger partial charge in [0.25, 0.3) is 15.9 Å². The smallest absolute Gasteiger partial charge is 0.261 e. The van der Waals surface area contributed by atoms with Crippen LogP contribution in [0.3, 0.4) is 0 Å². The van der Waals surface area contributed by atoms with Gasteiger partial charge in [-0.25, -0.2) is 16.8 Å². The van der Waals surface area contributed by atoms with E-state index in [0.29, 0.717) is 11.3 Å². The minimum Gasteiger partial charge on any atom is -0.322 e. The third-order valence-corrected chi connectivity index (χ3v) is 8.06. The molecule has 0 fully saturated rings. The average Bonchev–Trinajstić information content (AvgIpc) is 2.86. The van der Waals surface area contributed by atoms with Crippen molar-refractivity contribution < 1.29 is 21.6 Å². The van der Waals surface area contributed by atoms with Crippen molar-refractivity contribution in [2.24, 2.45) is 0 Å². The number of carbonyl (C=O) groups is 1. The van der Waals surface area contributed by atoms with E-state index in [9.17, 15) is 21.6 Å². The van der Waals surface area contributed by atoms with Crippen LogP contribution < -0.4 is 10.0 Å². The van der Waals surface area contributed by atoms with Crippen LogP contribution in [0.25, 0.3) is 0 Å². The molecule has 4 aromatic carbocycles. The number of benzene rings is 4. The summed E-state index contributed by atoms with van der Waals surface area (Å²) >= 11 is 0. The molecule has 2 N–H and O–H groups in total. The van der Waals surface area contributed by atoms with E-state index in [1.54, 1.807) is 54.6 Å². The predicted molar refractivity (Wildman–Crippen MR) is 130 cm³/mol. The normalized spacial score (nSPS) is 11.5. The first-order valence-electron chi connectivity index (χ1n) is 10.2. The topological polar surface area (TPSA) is 109 Å². The summed E-state index contributed by atoms with van der Waals surface area (Å²) in [6, 6.07) is 27.8. The zero-order chi connectivity index (χ0) is 24.2. The van der Waals surface area contributed by atoms with Crippen molar-refractivity contribution in [1.82, 2.24) is 0 Å². The first-order valence-corrected chi connectivity index (χ1v) is 13.1. The van der Waals surface area contributed by atoms with Crippen LogP contribution in [-0.4, -0.2) is 22.7 Å². The summed E-state index contributed by atoms with van der Waals surface area (Å²) in [6.07, 6.45) is 0. The Morgan fingerprint density at radius 1 is 0.559 bits per heavy atom. The Morgan fingerprint density at radius 2 is 1.09 bits per heavy atom. The molecule has 172 valence electrons. The van der Waals surface area contributed by atoms with Gasteiger partial charge < -0.3 is 5.32 Å². The number of anilines is 2. The molecular formula is C25H20N2O5S2. The van der Waals surface area contributed by atoms with Crippen LogP contribution >= 0.6 is 0 Å². The first kappa shape index (κ1) is 23.2. The standard InChI is InChI=1S/C25H20N2O5S2/c28-25(19-8-3-1-4-9-19)26-20-14-16-21(17-15-20)27-34(31,32)24-13-7-12-23(18-24)33(29,30)22-10-5-2-6-11-22/h1-18,27H,(H,26,28). The van der Waals surface area contributed by atoms with Gasteiger partial charge in [0.1, 0.15) is 0 Å². The predicted octanol–water partition coefficient (Wildman–Crippen LogP) is 4.57. The highest BCUT2D eigenvalue weighted by atomic mass is 32.2. The maximum Gasteiger partial charge on any atom is 0.261 e. The number of nitrogens with one attached hydrogen (secondary N) is 2. The summed E-state index contributed by atoms with van der Waals surface area (Å²) in [6.45, 7) is 0. The number of amides is 1. The van der Waals surface area contributed by atoms with Crippen LogP contribution in [0, 0.1) is 0 Å². The van der Waals surface area contributed by atoms with E-state index in [1.165, 1.54) is 42.5 Å².